The molecule has 3 N–H and O–H groups in total. The van der Waals surface area contributed by atoms with Gasteiger partial charge in [0.2, 0.25) is 0 Å². The Kier molecular flexibility index (Phi) is 4.96. The first-order valence-corrected chi connectivity index (χ1v) is 9.05. The zero-order valence-electron chi connectivity index (χ0n) is 16.2. The van der Waals surface area contributed by atoms with Crippen LogP contribution >= 0.6 is 0 Å². The number of phenolic OH excluding ortho intramolecular Hbond substituents is 3. The van der Waals surface area contributed by atoms with Crippen LogP contribution in [0.15, 0.2) is 69.9 Å². The number of hydrogen-bond acceptors (Lipinski definition) is 8. The third-order valence-corrected chi connectivity index (χ3v) is 4.56. The number of esters is 1. The number of methoxy groups -OCH3 is 1. The zero-order valence-corrected chi connectivity index (χ0v) is 16.2. The van der Waals surface area contributed by atoms with E-state index in [4.69, 9.17) is 13.9 Å². The summed E-state index contributed by atoms with van der Waals surface area (Å²) in [6.45, 7) is 0. The Labute approximate surface area is 175 Å². The van der Waals surface area contributed by atoms with E-state index in [-0.39, 0.29) is 45.3 Å². The highest BCUT2D eigenvalue weighted by Gasteiger charge is 2.16. The van der Waals surface area contributed by atoms with Crippen LogP contribution < -0.4 is 14.9 Å². The van der Waals surface area contributed by atoms with E-state index in [1.807, 2.05) is 0 Å². The lowest BCUT2D eigenvalue weighted by atomic mass is 10.1. The topological polar surface area (TPSA) is 126 Å². The molecule has 1 heterocycles. The number of rotatable bonds is 4. The van der Waals surface area contributed by atoms with Crippen molar-refractivity contribution in [2.24, 2.45) is 0 Å². The van der Waals surface area contributed by atoms with Crippen LogP contribution in [0.25, 0.3) is 22.3 Å². The van der Waals surface area contributed by atoms with Crippen LogP contribution in [0.4, 0.5) is 0 Å². The Morgan fingerprint density at radius 1 is 0.903 bits per heavy atom. The largest absolute Gasteiger partial charge is 0.508 e. The average Bonchev–Trinajstić information content (AvgIpc) is 2.73. The molecule has 1 aromatic heterocycles. The third kappa shape index (κ3) is 3.86. The predicted octanol–water partition coefficient (Wildman–Crippen LogP) is 3.80. The molecule has 0 atom stereocenters. The highest BCUT2D eigenvalue weighted by molar-refractivity contribution is 5.92. The van der Waals surface area contributed by atoms with Crippen molar-refractivity contribution >= 4 is 16.9 Å². The molecule has 0 bridgehead atoms. The quantitative estimate of drug-likeness (QED) is 0.336. The maximum atomic E-state index is 12.6. The van der Waals surface area contributed by atoms with Gasteiger partial charge in [-0.15, -0.1) is 0 Å². The van der Waals surface area contributed by atoms with Crippen LogP contribution in [0.5, 0.6) is 28.7 Å². The van der Waals surface area contributed by atoms with E-state index in [0.29, 0.717) is 5.56 Å². The molecule has 0 saturated carbocycles. The van der Waals surface area contributed by atoms with Crippen LogP contribution in [0.2, 0.25) is 0 Å². The van der Waals surface area contributed by atoms with Gasteiger partial charge < -0.3 is 29.2 Å². The predicted molar refractivity (Wildman–Crippen MR) is 111 cm³/mol. The van der Waals surface area contributed by atoms with E-state index in [0.717, 1.165) is 6.07 Å². The molecular formula is C23H16O8. The maximum absolute atomic E-state index is 12.6. The molecule has 156 valence electrons. The van der Waals surface area contributed by atoms with Crippen molar-refractivity contribution in [2.45, 2.75) is 0 Å². The van der Waals surface area contributed by atoms with Crippen molar-refractivity contribution in [3.05, 3.63) is 76.5 Å². The van der Waals surface area contributed by atoms with Gasteiger partial charge in [0.15, 0.2) is 16.9 Å². The first-order valence-electron chi connectivity index (χ1n) is 9.05. The Morgan fingerprint density at radius 3 is 2.35 bits per heavy atom. The number of carbonyl (C=O) groups excluding carboxylic acids is 1. The Balaban J connectivity index is 1.76. The fourth-order valence-corrected chi connectivity index (χ4v) is 3.04. The summed E-state index contributed by atoms with van der Waals surface area (Å²) < 4.78 is 16.1. The summed E-state index contributed by atoms with van der Waals surface area (Å²) >= 11 is 0. The minimum atomic E-state index is -0.722. The molecule has 0 saturated heterocycles. The normalized spacial score (nSPS) is 10.7. The molecule has 0 aliphatic heterocycles. The van der Waals surface area contributed by atoms with Crippen LogP contribution in [0.1, 0.15) is 10.4 Å². The van der Waals surface area contributed by atoms with Gasteiger partial charge in [0, 0.05) is 23.8 Å². The summed E-state index contributed by atoms with van der Waals surface area (Å²) in [5.41, 5.74) is 0.142. The third-order valence-electron chi connectivity index (χ3n) is 4.56. The van der Waals surface area contributed by atoms with E-state index in [1.54, 1.807) is 0 Å². The van der Waals surface area contributed by atoms with Crippen molar-refractivity contribution in [3.63, 3.8) is 0 Å². The zero-order chi connectivity index (χ0) is 22.1. The van der Waals surface area contributed by atoms with E-state index >= 15 is 0 Å². The number of phenols is 3. The molecule has 0 radical (unpaired) electrons. The molecule has 4 aromatic rings. The lowest BCUT2D eigenvalue weighted by Gasteiger charge is -2.09. The fourth-order valence-electron chi connectivity index (χ4n) is 3.04. The Bertz CT molecular complexity index is 1350. The summed E-state index contributed by atoms with van der Waals surface area (Å²) in [6, 6.07) is 13.5. The number of aromatic hydroxyl groups is 3. The lowest BCUT2D eigenvalue weighted by Crippen LogP contribution is -2.08. The SMILES string of the molecule is COc1cc(-c2cc(=O)c3c(O)cc(OC(=O)c4ccc(O)cc4)cc3o2)ccc1O. The maximum Gasteiger partial charge on any atom is 0.343 e. The van der Waals surface area contributed by atoms with Crippen LogP contribution in [0.3, 0.4) is 0 Å². The Hall–Kier alpha value is -4.46. The monoisotopic (exact) mass is 420 g/mol. The van der Waals surface area contributed by atoms with Gasteiger partial charge in [-0.25, -0.2) is 4.79 Å². The highest BCUT2D eigenvalue weighted by atomic mass is 16.5. The molecular weight excluding hydrogens is 404 g/mol. The molecule has 0 aliphatic rings. The second kappa shape index (κ2) is 7.75. The summed E-state index contributed by atoms with van der Waals surface area (Å²) in [5.74, 6) is -0.880. The fraction of sp³-hybridized carbons (Fsp3) is 0.0435. The van der Waals surface area contributed by atoms with Crippen LogP contribution in [-0.4, -0.2) is 28.4 Å². The summed E-state index contributed by atoms with van der Waals surface area (Å²) in [5, 5.41) is 29.3. The van der Waals surface area contributed by atoms with Gasteiger partial charge in [0.1, 0.15) is 34.0 Å². The molecule has 3 aromatic carbocycles. The lowest BCUT2D eigenvalue weighted by molar-refractivity contribution is 0.0734. The molecule has 0 spiro atoms. The van der Waals surface area contributed by atoms with Crippen LogP contribution in [0, 0.1) is 0 Å². The van der Waals surface area contributed by atoms with Gasteiger partial charge >= 0.3 is 5.97 Å². The smallest absolute Gasteiger partial charge is 0.343 e. The highest BCUT2D eigenvalue weighted by Crippen LogP contribution is 2.34. The number of benzene rings is 3. The van der Waals surface area contributed by atoms with Crippen molar-refractivity contribution in [1.29, 1.82) is 0 Å². The first-order chi connectivity index (χ1) is 14.9. The van der Waals surface area contributed by atoms with E-state index in [9.17, 15) is 24.9 Å². The van der Waals surface area contributed by atoms with Crippen LogP contribution in [-0.2, 0) is 0 Å². The standard InChI is InChI=1S/C23H16O8/c1-29-20-8-13(4-7-16(20)25)19-11-18(27)22-17(26)9-15(10-21(22)31-19)30-23(28)12-2-5-14(24)6-3-12/h2-11,24-26H,1H3. The second-order valence-electron chi connectivity index (χ2n) is 6.61. The number of hydrogen-bond donors (Lipinski definition) is 3. The minimum absolute atomic E-state index is 0.0000606. The van der Waals surface area contributed by atoms with Gasteiger partial charge in [0.25, 0.3) is 0 Å². The van der Waals surface area contributed by atoms with Gasteiger partial charge in [-0.2, -0.15) is 0 Å². The minimum Gasteiger partial charge on any atom is -0.508 e. The molecule has 0 aliphatic carbocycles. The molecule has 31 heavy (non-hydrogen) atoms. The van der Waals surface area contributed by atoms with Crippen molar-refractivity contribution in [2.75, 3.05) is 7.11 Å². The summed E-state index contributed by atoms with van der Waals surface area (Å²) in [7, 11) is 1.39. The summed E-state index contributed by atoms with van der Waals surface area (Å²) in [6.07, 6.45) is 0. The molecule has 8 heteroatoms. The average molecular weight is 420 g/mol. The number of ether oxygens (including phenoxy) is 2. The van der Waals surface area contributed by atoms with Gasteiger partial charge in [-0.3, -0.25) is 4.79 Å². The van der Waals surface area contributed by atoms with E-state index in [1.165, 1.54) is 61.7 Å². The van der Waals surface area contributed by atoms with Crippen molar-refractivity contribution < 1.29 is 34.0 Å². The first kappa shape index (κ1) is 19.8. The molecule has 0 fully saturated rings. The molecule has 0 amide bonds. The Morgan fingerprint density at radius 2 is 1.65 bits per heavy atom. The second-order valence-corrected chi connectivity index (χ2v) is 6.61. The van der Waals surface area contributed by atoms with Gasteiger partial charge in [-0.1, -0.05) is 0 Å². The van der Waals surface area contributed by atoms with E-state index in [2.05, 4.69) is 0 Å². The van der Waals surface area contributed by atoms with Gasteiger partial charge in [-0.05, 0) is 42.5 Å². The molecule has 0 unspecified atom stereocenters. The van der Waals surface area contributed by atoms with Gasteiger partial charge in [0.05, 0.1) is 12.7 Å². The van der Waals surface area contributed by atoms with Crippen molar-refractivity contribution in [1.82, 2.24) is 0 Å². The number of fused-ring (bicyclic) bond motifs is 1. The molecule has 8 nitrogen and oxygen atoms in total. The van der Waals surface area contributed by atoms with Crippen molar-refractivity contribution in [3.8, 4) is 40.1 Å². The summed E-state index contributed by atoms with van der Waals surface area (Å²) in [4.78, 5) is 24.9. The molecule has 4 rings (SSSR count). The van der Waals surface area contributed by atoms with E-state index < -0.39 is 17.1 Å². The number of carbonyl (C=O) groups is 1.